The van der Waals surface area contributed by atoms with E-state index in [2.05, 4.69) is 32.0 Å². The molecule has 9 heteroatoms. The first kappa shape index (κ1) is 21.9. The lowest BCUT2D eigenvalue weighted by molar-refractivity contribution is -0.128. The predicted octanol–water partition coefficient (Wildman–Crippen LogP) is 3.73. The van der Waals surface area contributed by atoms with Crippen LogP contribution in [0.5, 0.6) is 0 Å². The first-order chi connectivity index (χ1) is 16.1. The molecule has 0 spiro atoms. The summed E-state index contributed by atoms with van der Waals surface area (Å²) in [5.74, 6) is 0.603. The molecule has 2 fully saturated rings. The van der Waals surface area contributed by atoms with Crippen LogP contribution >= 0.6 is 11.6 Å². The largest absolute Gasteiger partial charge is 0.351 e. The SMILES string of the molecule is C=CC(=O)N1CCN([C@H]2CCC[C@@H](Nc3ncc(Cl)c(-c4n[nH]c5ccccc45)n3)C2)CC1. The highest BCUT2D eigenvalue weighted by molar-refractivity contribution is 6.33. The molecule has 1 saturated carbocycles. The number of carbonyl (C=O) groups excluding carboxylic acids is 1. The van der Waals surface area contributed by atoms with Gasteiger partial charge in [0.15, 0.2) is 0 Å². The Morgan fingerprint density at radius 2 is 2.00 bits per heavy atom. The fourth-order valence-corrected chi connectivity index (χ4v) is 5.17. The fraction of sp³-hybridized carbons (Fsp3) is 0.417. The molecule has 3 aromatic rings. The number of H-pyrrole nitrogens is 1. The molecular formula is C24H28ClN7O. The number of rotatable bonds is 5. The first-order valence-corrected chi connectivity index (χ1v) is 11.9. The number of hydrogen-bond acceptors (Lipinski definition) is 6. The van der Waals surface area contributed by atoms with Crippen molar-refractivity contribution >= 4 is 34.4 Å². The second-order valence-electron chi connectivity index (χ2n) is 8.74. The minimum atomic E-state index is 0.0261. The highest BCUT2D eigenvalue weighted by Gasteiger charge is 2.30. The number of halogens is 1. The topological polar surface area (TPSA) is 90.0 Å². The zero-order chi connectivity index (χ0) is 22.8. The highest BCUT2D eigenvalue weighted by atomic mass is 35.5. The molecule has 2 aromatic heterocycles. The summed E-state index contributed by atoms with van der Waals surface area (Å²) in [4.78, 5) is 25.4. The fourth-order valence-electron chi connectivity index (χ4n) is 4.99. The minimum absolute atomic E-state index is 0.0261. The summed E-state index contributed by atoms with van der Waals surface area (Å²) in [6.45, 7) is 6.94. The molecular weight excluding hydrogens is 438 g/mol. The smallest absolute Gasteiger partial charge is 0.246 e. The molecule has 1 aromatic carbocycles. The van der Waals surface area contributed by atoms with Crippen LogP contribution in [0.4, 0.5) is 5.95 Å². The summed E-state index contributed by atoms with van der Waals surface area (Å²) in [6, 6.07) is 8.73. The quantitative estimate of drug-likeness (QED) is 0.558. The Kier molecular flexibility index (Phi) is 6.28. The van der Waals surface area contributed by atoms with Crippen molar-refractivity contribution in [2.45, 2.75) is 37.8 Å². The van der Waals surface area contributed by atoms with Crippen LogP contribution in [0.2, 0.25) is 5.02 Å². The standard InChI is InChI=1S/C24H28ClN7O/c1-2-21(33)32-12-10-31(11-13-32)17-7-5-6-16(14-17)27-24-26-15-19(25)23(28-24)22-18-8-3-4-9-20(18)29-30-22/h2-4,8-9,15-17H,1,5-7,10-14H2,(H,29,30)(H,26,27,28)/t16-,17+/m1/s1. The number of nitrogens with one attached hydrogen (secondary N) is 2. The Labute approximate surface area is 198 Å². The number of aromatic nitrogens is 4. The van der Waals surface area contributed by atoms with Crippen LogP contribution in [0.3, 0.4) is 0 Å². The number of carbonyl (C=O) groups is 1. The van der Waals surface area contributed by atoms with E-state index < -0.39 is 0 Å². The molecule has 33 heavy (non-hydrogen) atoms. The van der Waals surface area contributed by atoms with Crippen LogP contribution in [0.1, 0.15) is 25.7 Å². The third-order valence-electron chi connectivity index (χ3n) is 6.74. The number of hydrogen-bond donors (Lipinski definition) is 2. The summed E-state index contributed by atoms with van der Waals surface area (Å²) in [6.07, 6.45) is 7.49. The van der Waals surface area contributed by atoms with Crippen LogP contribution in [0, 0.1) is 0 Å². The van der Waals surface area contributed by atoms with Crippen LogP contribution in [-0.4, -0.2) is 74.1 Å². The van der Waals surface area contributed by atoms with Gasteiger partial charge in [0.2, 0.25) is 11.9 Å². The van der Waals surface area contributed by atoms with Crippen molar-refractivity contribution in [3.63, 3.8) is 0 Å². The Morgan fingerprint density at radius 1 is 1.18 bits per heavy atom. The van der Waals surface area contributed by atoms with E-state index in [-0.39, 0.29) is 5.91 Å². The Morgan fingerprint density at radius 3 is 2.82 bits per heavy atom. The number of aromatic amines is 1. The van der Waals surface area contributed by atoms with Gasteiger partial charge in [0, 0.05) is 43.6 Å². The summed E-state index contributed by atoms with van der Waals surface area (Å²) < 4.78 is 0. The maximum absolute atomic E-state index is 11.9. The normalized spacial score (nSPS) is 21.8. The highest BCUT2D eigenvalue weighted by Crippen LogP contribution is 2.31. The monoisotopic (exact) mass is 465 g/mol. The van der Waals surface area contributed by atoms with Gasteiger partial charge in [-0.1, -0.05) is 36.4 Å². The van der Waals surface area contributed by atoms with Crippen molar-refractivity contribution in [3.8, 4) is 11.4 Å². The molecule has 8 nitrogen and oxygen atoms in total. The first-order valence-electron chi connectivity index (χ1n) is 11.5. The van der Waals surface area contributed by atoms with Crippen molar-refractivity contribution in [2.75, 3.05) is 31.5 Å². The van der Waals surface area contributed by atoms with Gasteiger partial charge in [0.05, 0.1) is 16.7 Å². The van der Waals surface area contributed by atoms with Gasteiger partial charge in [-0.2, -0.15) is 5.10 Å². The summed E-state index contributed by atoms with van der Waals surface area (Å²) in [5.41, 5.74) is 2.30. The summed E-state index contributed by atoms with van der Waals surface area (Å²) in [7, 11) is 0. The molecule has 1 saturated heterocycles. The van der Waals surface area contributed by atoms with Gasteiger partial charge < -0.3 is 10.2 Å². The summed E-state index contributed by atoms with van der Waals surface area (Å²) in [5, 5.41) is 12.5. The number of benzene rings is 1. The van der Waals surface area contributed by atoms with Gasteiger partial charge in [0.25, 0.3) is 0 Å². The summed E-state index contributed by atoms with van der Waals surface area (Å²) >= 11 is 6.45. The van der Waals surface area contributed by atoms with E-state index in [4.69, 9.17) is 16.6 Å². The molecule has 1 aliphatic carbocycles. The van der Waals surface area contributed by atoms with Crippen molar-refractivity contribution in [1.29, 1.82) is 0 Å². The molecule has 2 N–H and O–H groups in total. The van der Waals surface area contributed by atoms with E-state index in [0.29, 0.717) is 28.7 Å². The Bertz CT molecular complexity index is 1150. The molecule has 3 heterocycles. The lowest BCUT2D eigenvalue weighted by Gasteiger charge is -2.42. The van der Waals surface area contributed by atoms with E-state index >= 15 is 0 Å². The molecule has 2 aliphatic rings. The van der Waals surface area contributed by atoms with Gasteiger partial charge in [0.1, 0.15) is 11.4 Å². The van der Waals surface area contributed by atoms with Gasteiger partial charge in [-0.3, -0.25) is 14.8 Å². The molecule has 0 unspecified atom stereocenters. The number of amides is 1. The Balaban J connectivity index is 1.27. The average Bonchev–Trinajstić information content (AvgIpc) is 3.29. The van der Waals surface area contributed by atoms with Crippen molar-refractivity contribution in [2.24, 2.45) is 0 Å². The molecule has 2 atom stereocenters. The number of nitrogens with zero attached hydrogens (tertiary/aromatic N) is 5. The molecule has 1 amide bonds. The Hall–Kier alpha value is -2.97. The van der Waals surface area contributed by atoms with Crippen LogP contribution in [0.15, 0.2) is 43.1 Å². The van der Waals surface area contributed by atoms with E-state index in [1.807, 2.05) is 29.2 Å². The third-order valence-corrected chi connectivity index (χ3v) is 7.01. The second-order valence-corrected chi connectivity index (χ2v) is 9.14. The lowest BCUT2D eigenvalue weighted by atomic mass is 9.89. The zero-order valence-corrected chi connectivity index (χ0v) is 19.3. The molecule has 0 bridgehead atoms. The van der Waals surface area contributed by atoms with Crippen molar-refractivity contribution < 1.29 is 4.79 Å². The third kappa shape index (κ3) is 4.58. The average molecular weight is 466 g/mol. The van der Waals surface area contributed by atoms with E-state index in [1.165, 1.54) is 12.5 Å². The van der Waals surface area contributed by atoms with E-state index in [9.17, 15) is 4.79 Å². The second kappa shape index (κ2) is 9.49. The number of anilines is 1. The molecule has 172 valence electrons. The number of piperazine rings is 1. The molecule has 1 aliphatic heterocycles. The van der Waals surface area contributed by atoms with E-state index in [1.54, 1.807) is 6.20 Å². The molecule has 5 rings (SSSR count). The minimum Gasteiger partial charge on any atom is -0.351 e. The molecule has 0 radical (unpaired) electrons. The lowest BCUT2D eigenvalue weighted by Crippen LogP contribution is -2.53. The maximum Gasteiger partial charge on any atom is 0.246 e. The maximum atomic E-state index is 11.9. The predicted molar refractivity (Wildman–Crippen MR) is 130 cm³/mol. The van der Waals surface area contributed by atoms with Gasteiger partial charge in [-0.15, -0.1) is 0 Å². The zero-order valence-electron chi connectivity index (χ0n) is 18.5. The van der Waals surface area contributed by atoms with Crippen molar-refractivity contribution in [1.82, 2.24) is 30.0 Å². The van der Waals surface area contributed by atoms with E-state index in [0.717, 1.165) is 62.0 Å². The van der Waals surface area contributed by atoms with Crippen molar-refractivity contribution in [3.05, 3.63) is 48.1 Å². The number of para-hydroxylation sites is 1. The van der Waals surface area contributed by atoms with Crippen LogP contribution < -0.4 is 5.32 Å². The van der Waals surface area contributed by atoms with Gasteiger partial charge in [-0.25, -0.2) is 9.97 Å². The number of fused-ring (bicyclic) bond motifs is 1. The van der Waals surface area contributed by atoms with Crippen LogP contribution in [0.25, 0.3) is 22.3 Å². The van der Waals surface area contributed by atoms with Gasteiger partial charge >= 0.3 is 0 Å². The van der Waals surface area contributed by atoms with Crippen LogP contribution in [-0.2, 0) is 4.79 Å². The van der Waals surface area contributed by atoms with Gasteiger partial charge in [-0.05, 0) is 37.8 Å².